The Kier molecular flexibility index (Phi) is 8.51. The van der Waals surface area contributed by atoms with Crippen LogP contribution in [0.15, 0.2) is 30.3 Å². The number of hydrogen-bond donors (Lipinski definition) is 2. The topological polar surface area (TPSA) is 58.4 Å². The average molecular weight is 374 g/mol. The van der Waals surface area contributed by atoms with E-state index in [1.165, 1.54) is 18.4 Å². The number of nitrogens with zero attached hydrogens (tertiary/aromatic N) is 1. The van der Waals surface area contributed by atoms with Gasteiger partial charge in [0.2, 0.25) is 5.91 Å². The standard InChI is InChI=1S/C18H27N3O.2ClH/c19-18(10-4-5-11-18)17(22)20-14-16(21-12-6-7-13-21)15-8-2-1-3-9-15;;/h1-3,8-9,16H,4-7,10-14,19H2,(H,20,22);2*1H. The first-order chi connectivity index (χ1) is 10.7. The molecule has 4 nitrogen and oxygen atoms in total. The molecule has 1 saturated heterocycles. The second-order valence-electron chi connectivity index (χ2n) is 6.74. The Morgan fingerprint density at radius 2 is 1.67 bits per heavy atom. The molecule has 1 aromatic rings. The molecular formula is C18H29Cl2N3O. The molecule has 1 heterocycles. The van der Waals surface area contributed by atoms with E-state index in [0.717, 1.165) is 38.8 Å². The number of halogens is 2. The third-order valence-corrected chi connectivity index (χ3v) is 5.17. The number of carbonyl (C=O) groups is 1. The highest BCUT2D eigenvalue weighted by atomic mass is 35.5. The molecule has 1 aliphatic carbocycles. The highest BCUT2D eigenvalue weighted by Gasteiger charge is 2.37. The van der Waals surface area contributed by atoms with Crippen molar-refractivity contribution in [2.45, 2.75) is 50.1 Å². The van der Waals surface area contributed by atoms with Crippen molar-refractivity contribution in [2.24, 2.45) is 5.73 Å². The summed E-state index contributed by atoms with van der Waals surface area (Å²) < 4.78 is 0. The summed E-state index contributed by atoms with van der Waals surface area (Å²) in [5.74, 6) is 0.0325. The van der Waals surface area contributed by atoms with Crippen molar-refractivity contribution in [1.29, 1.82) is 0 Å². The summed E-state index contributed by atoms with van der Waals surface area (Å²) in [6.07, 6.45) is 6.27. The van der Waals surface area contributed by atoms with Crippen molar-refractivity contribution < 1.29 is 4.79 Å². The molecule has 1 atom stereocenters. The van der Waals surface area contributed by atoms with E-state index in [4.69, 9.17) is 5.73 Å². The largest absolute Gasteiger partial charge is 0.353 e. The number of carbonyl (C=O) groups excluding carboxylic acids is 1. The molecule has 1 saturated carbocycles. The lowest BCUT2D eigenvalue weighted by molar-refractivity contribution is -0.126. The minimum atomic E-state index is -0.633. The minimum absolute atomic E-state index is 0. The van der Waals surface area contributed by atoms with Gasteiger partial charge < -0.3 is 11.1 Å². The van der Waals surface area contributed by atoms with Gasteiger partial charge in [0.1, 0.15) is 0 Å². The lowest BCUT2D eigenvalue weighted by atomic mass is 9.97. The van der Waals surface area contributed by atoms with Gasteiger partial charge in [-0.2, -0.15) is 0 Å². The van der Waals surface area contributed by atoms with Crippen molar-refractivity contribution in [3.63, 3.8) is 0 Å². The summed E-state index contributed by atoms with van der Waals surface area (Å²) in [6, 6.07) is 10.8. The maximum absolute atomic E-state index is 12.5. The predicted molar refractivity (Wildman–Crippen MR) is 103 cm³/mol. The summed E-state index contributed by atoms with van der Waals surface area (Å²) in [6.45, 7) is 2.88. The lowest BCUT2D eigenvalue weighted by Gasteiger charge is -2.30. The first kappa shape index (κ1) is 21.2. The zero-order valence-electron chi connectivity index (χ0n) is 14.1. The SMILES string of the molecule is Cl.Cl.NC1(C(=O)NCC(c2ccccc2)N2CCCC2)CCCC1. The van der Waals surface area contributed by atoms with Gasteiger partial charge in [-0.05, 0) is 44.3 Å². The van der Waals surface area contributed by atoms with E-state index >= 15 is 0 Å². The van der Waals surface area contributed by atoms with E-state index in [9.17, 15) is 4.79 Å². The molecule has 0 bridgehead atoms. The molecule has 0 radical (unpaired) electrons. The van der Waals surface area contributed by atoms with Crippen LogP contribution in [-0.2, 0) is 4.79 Å². The molecule has 136 valence electrons. The number of rotatable bonds is 5. The van der Waals surface area contributed by atoms with Crippen LogP contribution in [0.5, 0.6) is 0 Å². The third-order valence-electron chi connectivity index (χ3n) is 5.17. The first-order valence-corrected chi connectivity index (χ1v) is 8.55. The summed E-state index contributed by atoms with van der Waals surface area (Å²) in [5.41, 5.74) is 6.90. The Balaban J connectivity index is 0.00000144. The van der Waals surface area contributed by atoms with Crippen molar-refractivity contribution in [1.82, 2.24) is 10.2 Å². The van der Waals surface area contributed by atoms with Gasteiger partial charge in [0, 0.05) is 6.54 Å². The lowest BCUT2D eigenvalue weighted by Crippen LogP contribution is -2.53. The zero-order chi connectivity index (χ0) is 15.4. The monoisotopic (exact) mass is 373 g/mol. The van der Waals surface area contributed by atoms with Crippen LogP contribution in [0.3, 0.4) is 0 Å². The quantitative estimate of drug-likeness (QED) is 0.833. The van der Waals surface area contributed by atoms with Crippen LogP contribution in [0.4, 0.5) is 0 Å². The van der Waals surface area contributed by atoms with Crippen LogP contribution in [0.25, 0.3) is 0 Å². The van der Waals surface area contributed by atoms with E-state index in [-0.39, 0.29) is 36.8 Å². The molecule has 6 heteroatoms. The average Bonchev–Trinajstić information content (AvgIpc) is 3.21. The molecule has 1 amide bonds. The van der Waals surface area contributed by atoms with E-state index < -0.39 is 5.54 Å². The fourth-order valence-electron chi connectivity index (χ4n) is 3.78. The molecule has 3 N–H and O–H groups in total. The number of hydrogen-bond acceptors (Lipinski definition) is 3. The Morgan fingerprint density at radius 1 is 1.08 bits per heavy atom. The normalized spacial score (nSPS) is 20.7. The second-order valence-corrected chi connectivity index (χ2v) is 6.74. The molecule has 1 aliphatic heterocycles. The number of likely N-dealkylation sites (tertiary alicyclic amines) is 1. The summed E-state index contributed by atoms with van der Waals surface area (Å²) >= 11 is 0. The maximum Gasteiger partial charge on any atom is 0.240 e. The maximum atomic E-state index is 12.5. The van der Waals surface area contributed by atoms with Crippen LogP contribution >= 0.6 is 24.8 Å². The van der Waals surface area contributed by atoms with Crippen LogP contribution < -0.4 is 11.1 Å². The Bertz CT molecular complexity index is 500. The number of nitrogens with two attached hydrogens (primary N) is 1. The molecular weight excluding hydrogens is 345 g/mol. The van der Waals surface area contributed by atoms with Crippen LogP contribution in [0.1, 0.15) is 50.1 Å². The van der Waals surface area contributed by atoms with E-state index in [1.54, 1.807) is 0 Å². The molecule has 1 aromatic carbocycles. The summed E-state index contributed by atoms with van der Waals surface area (Å²) in [7, 11) is 0. The predicted octanol–water partition coefficient (Wildman–Crippen LogP) is 3.05. The smallest absolute Gasteiger partial charge is 0.240 e. The van der Waals surface area contributed by atoms with Crippen LogP contribution in [0.2, 0.25) is 0 Å². The first-order valence-electron chi connectivity index (χ1n) is 8.55. The van der Waals surface area contributed by atoms with Crippen molar-refractivity contribution in [3.05, 3.63) is 35.9 Å². The molecule has 3 rings (SSSR count). The van der Waals surface area contributed by atoms with Gasteiger partial charge in [-0.1, -0.05) is 43.2 Å². The zero-order valence-corrected chi connectivity index (χ0v) is 15.7. The summed E-state index contributed by atoms with van der Waals surface area (Å²) in [4.78, 5) is 14.9. The van der Waals surface area contributed by atoms with E-state index in [0.29, 0.717) is 6.54 Å². The fraction of sp³-hybridized carbons (Fsp3) is 0.611. The van der Waals surface area contributed by atoms with Gasteiger partial charge in [-0.25, -0.2) is 0 Å². The molecule has 0 aromatic heterocycles. The fourth-order valence-corrected chi connectivity index (χ4v) is 3.78. The van der Waals surface area contributed by atoms with Crippen molar-refractivity contribution in [3.8, 4) is 0 Å². The Labute approximate surface area is 157 Å². The van der Waals surface area contributed by atoms with E-state index in [2.05, 4.69) is 34.5 Å². The molecule has 2 aliphatic rings. The summed E-state index contributed by atoms with van der Waals surface area (Å²) in [5, 5.41) is 3.13. The Morgan fingerprint density at radius 3 is 2.25 bits per heavy atom. The van der Waals surface area contributed by atoms with E-state index in [1.807, 2.05) is 6.07 Å². The van der Waals surface area contributed by atoms with Crippen LogP contribution in [0, 0.1) is 0 Å². The van der Waals surface area contributed by atoms with Crippen molar-refractivity contribution in [2.75, 3.05) is 19.6 Å². The van der Waals surface area contributed by atoms with Gasteiger partial charge in [-0.15, -0.1) is 24.8 Å². The van der Waals surface area contributed by atoms with Gasteiger partial charge in [-0.3, -0.25) is 9.69 Å². The Hall–Kier alpha value is -0.810. The number of benzene rings is 1. The number of nitrogens with one attached hydrogen (secondary N) is 1. The molecule has 24 heavy (non-hydrogen) atoms. The second kappa shape index (κ2) is 9.62. The van der Waals surface area contributed by atoms with Gasteiger partial charge >= 0.3 is 0 Å². The number of amides is 1. The van der Waals surface area contributed by atoms with Crippen molar-refractivity contribution >= 4 is 30.7 Å². The third kappa shape index (κ3) is 4.85. The minimum Gasteiger partial charge on any atom is -0.353 e. The van der Waals surface area contributed by atoms with Gasteiger partial charge in [0.25, 0.3) is 0 Å². The molecule has 1 unspecified atom stereocenters. The van der Waals surface area contributed by atoms with Gasteiger partial charge in [0.05, 0.1) is 11.6 Å². The van der Waals surface area contributed by atoms with Gasteiger partial charge in [0.15, 0.2) is 0 Å². The van der Waals surface area contributed by atoms with Crippen LogP contribution in [-0.4, -0.2) is 36.0 Å². The highest BCUT2D eigenvalue weighted by Crippen LogP contribution is 2.28. The highest BCUT2D eigenvalue weighted by molar-refractivity contribution is 5.86. The molecule has 2 fully saturated rings. The molecule has 0 spiro atoms.